The first-order valence-corrected chi connectivity index (χ1v) is 10.00. The zero-order valence-electron chi connectivity index (χ0n) is 15.5. The molecule has 1 fully saturated rings. The van der Waals surface area contributed by atoms with E-state index < -0.39 is 0 Å². The van der Waals surface area contributed by atoms with Crippen LogP contribution in [0.25, 0.3) is 0 Å². The van der Waals surface area contributed by atoms with E-state index in [0.29, 0.717) is 17.6 Å². The molecule has 5 heteroatoms. The van der Waals surface area contributed by atoms with Crippen molar-refractivity contribution in [1.29, 1.82) is 0 Å². The normalized spacial score (nSPS) is 18.8. The quantitative estimate of drug-likeness (QED) is 0.761. The summed E-state index contributed by atoms with van der Waals surface area (Å²) in [6.45, 7) is 1.44. The average molecular weight is 387 g/mol. The lowest BCUT2D eigenvalue weighted by Gasteiger charge is -2.35. The molecule has 1 amide bonds. The predicted octanol–water partition coefficient (Wildman–Crippen LogP) is 3.78. The third-order valence-electron chi connectivity index (χ3n) is 5.20. The molecule has 1 aliphatic heterocycles. The van der Waals surface area contributed by atoms with E-state index in [1.54, 1.807) is 0 Å². The van der Waals surface area contributed by atoms with Gasteiger partial charge in [0.15, 0.2) is 0 Å². The lowest BCUT2D eigenvalue weighted by molar-refractivity contribution is -0.123. The van der Waals surface area contributed by atoms with E-state index >= 15 is 0 Å². The van der Waals surface area contributed by atoms with Crippen LogP contribution in [0.3, 0.4) is 0 Å². The van der Waals surface area contributed by atoms with Gasteiger partial charge in [0, 0.05) is 17.7 Å². The summed E-state index contributed by atoms with van der Waals surface area (Å²) in [7, 11) is 0. The Morgan fingerprint density at radius 1 is 1.11 bits per heavy atom. The van der Waals surface area contributed by atoms with E-state index in [0.717, 1.165) is 36.9 Å². The number of carbonyl (C=O) groups excluding carboxylic acids is 1. The Labute approximate surface area is 166 Å². The summed E-state index contributed by atoms with van der Waals surface area (Å²) < 4.78 is 0. The van der Waals surface area contributed by atoms with Gasteiger partial charge in [0.1, 0.15) is 0 Å². The summed E-state index contributed by atoms with van der Waals surface area (Å²) in [5.74, 6) is 0.00337. The predicted molar refractivity (Wildman–Crippen MR) is 109 cm³/mol. The van der Waals surface area contributed by atoms with Crippen LogP contribution in [-0.4, -0.2) is 41.7 Å². The highest BCUT2D eigenvalue weighted by Crippen LogP contribution is 2.24. The van der Waals surface area contributed by atoms with Crippen LogP contribution in [0.4, 0.5) is 0 Å². The van der Waals surface area contributed by atoms with Gasteiger partial charge in [0.25, 0.3) is 0 Å². The number of amides is 1. The van der Waals surface area contributed by atoms with E-state index in [1.807, 2.05) is 54.6 Å². The first kappa shape index (κ1) is 19.9. The van der Waals surface area contributed by atoms with Crippen LogP contribution in [-0.2, 0) is 4.79 Å². The highest BCUT2D eigenvalue weighted by molar-refractivity contribution is 6.30. The van der Waals surface area contributed by atoms with Gasteiger partial charge < -0.3 is 10.4 Å². The van der Waals surface area contributed by atoms with Gasteiger partial charge in [0.2, 0.25) is 5.91 Å². The Morgan fingerprint density at radius 3 is 2.52 bits per heavy atom. The molecule has 0 bridgehead atoms. The molecule has 3 rings (SSSR count). The second kappa shape index (κ2) is 9.88. The summed E-state index contributed by atoms with van der Waals surface area (Å²) in [6.07, 6.45) is 4.05. The van der Waals surface area contributed by atoms with Gasteiger partial charge in [-0.05, 0) is 49.1 Å². The van der Waals surface area contributed by atoms with E-state index in [9.17, 15) is 9.90 Å². The molecule has 144 valence electrons. The highest BCUT2D eigenvalue weighted by atomic mass is 35.5. The maximum atomic E-state index is 12.8. The van der Waals surface area contributed by atoms with Crippen molar-refractivity contribution in [2.45, 2.75) is 37.8 Å². The molecule has 0 aliphatic carbocycles. The Kier molecular flexibility index (Phi) is 7.27. The van der Waals surface area contributed by atoms with Crippen LogP contribution in [0.1, 0.15) is 42.9 Å². The van der Waals surface area contributed by atoms with Crippen molar-refractivity contribution < 1.29 is 9.90 Å². The van der Waals surface area contributed by atoms with Gasteiger partial charge in [-0.15, -0.1) is 0 Å². The smallest absolute Gasteiger partial charge is 0.234 e. The third-order valence-corrected chi connectivity index (χ3v) is 5.45. The van der Waals surface area contributed by atoms with Gasteiger partial charge in [-0.2, -0.15) is 0 Å². The summed E-state index contributed by atoms with van der Waals surface area (Å²) in [6, 6.07) is 17.7. The number of rotatable bonds is 7. The molecule has 4 nitrogen and oxygen atoms in total. The molecule has 2 atom stereocenters. The number of aliphatic hydroxyl groups is 1. The van der Waals surface area contributed by atoms with Crippen molar-refractivity contribution in [3.8, 4) is 0 Å². The molecule has 2 aromatic rings. The fourth-order valence-corrected chi connectivity index (χ4v) is 3.92. The van der Waals surface area contributed by atoms with Crippen molar-refractivity contribution in [2.75, 3.05) is 19.7 Å². The average Bonchev–Trinajstić information content (AvgIpc) is 2.69. The molecule has 2 unspecified atom stereocenters. The summed E-state index contributed by atoms with van der Waals surface area (Å²) in [5, 5.41) is 13.2. The minimum absolute atomic E-state index is 0.00337. The summed E-state index contributed by atoms with van der Waals surface area (Å²) in [5.41, 5.74) is 2.04. The van der Waals surface area contributed by atoms with Gasteiger partial charge in [-0.25, -0.2) is 0 Å². The molecule has 1 aliphatic rings. The number of piperidine rings is 1. The maximum absolute atomic E-state index is 12.8. The molecule has 0 saturated carbocycles. The Balaban J connectivity index is 1.73. The number of likely N-dealkylation sites (tertiary alicyclic amines) is 1. The number of carbonyl (C=O) groups is 1. The van der Waals surface area contributed by atoms with Crippen molar-refractivity contribution in [1.82, 2.24) is 10.2 Å². The SMILES string of the molecule is O=C(CN1CCCCC1CCO)NC(c1ccccc1)c1ccc(Cl)cc1. The number of halogens is 1. The van der Waals surface area contributed by atoms with Crippen LogP contribution < -0.4 is 5.32 Å². The summed E-state index contributed by atoms with van der Waals surface area (Å²) >= 11 is 6.03. The van der Waals surface area contributed by atoms with Crippen molar-refractivity contribution >= 4 is 17.5 Å². The van der Waals surface area contributed by atoms with Gasteiger partial charge in [-0.1, -0.05) is 60.5 Å². The molecular weight excluding hydrogens is 360 g/mol. The zero-order chi connectivity index (χ0) is 19.1. The van der Waals surface area contributed by atoms with Crippen LogP contribution >= 0.6 is 11.6 Å². The Bertz CT molecular complexity index is 719. The molecule has 0 radical (unpaired) electrons. The van der Waals surface area contributed by atoms with E-state index in [1.165, 1.54) is 6.42 Å². The Morgan fingerprint density at radius 2 is 1.81 bits per heavy atom. The highest BCUT2D eigenvalue weighted by Gasteiger charge is 2.25. The summed E-state index contributed by atoms with van der Waals surface area (Å²) in [4.78, 5) is 15.1. The third kappa shape index (κ3) is 5.55. The monoisotopic (exact) mass is 386 g/mol. The first-order valence-electron chi connectivity index (χ1n) is 9.62. The lowest BCUT2D eigenvalue weighted by Crippen LogP contribution is -2.46. The molecule has 0 aromatic heterocycles. The molecular formula is C22H27ClN2O2. The standard InChI is InChI=1S/C22H27ClN2O2/c23-19-11-9-18(10-12-19)22(17-6-2-1-3-7-17)24-21(27)16-25-14-5-4-8-20(25)13-15-26/h1-3,6-7,9-12,20,22,26H,4-5,8,13-16H2,(H,24,27). The van der Waals surface area contributed by atoms with E-state index in [4.69, 9.17) is 11.6 Å². The first-order chi connectivity index (χ1) is 13.2. The number of benzene rings is 2. The topological polar surface area (TPSA) is 52.6 Å². The Hall–Kier alpha value is -1.88. The number of nitrogens with zero attached hydrogens (tertiary/aromatic N) is 1. The molecule has 1 saturated heterocycles. The fraction of sp³-hybridized carbons (Fsp3) is 0.409. The minimum Gasteiger partial charge on any atom is -0.396 e. The van der Waals surface area contributed by atoms with Crippen molar-refractivity contribution in [3.05, 3.63) is 70.7 Å². The van der Waals surface area contributed by atoms with Crippen molar-refractivity contribution in [2.24, 2.45) is 0 Å². The van der Waals surface area contributed by atoms with E-state index in [-0.39, 0.29) is 18.6 Å². The second-order valence-corrected chi connectivity index (χ2v) is 7.53. The minimum atomic E-state index is -0.211. The number of hydrogen-bond acceptors (Lipinski definition) is 3. The van der Waals surface area contributed by atoms with E-state index in [2.05, 4.69) is 10.2 Å². The molecule has 2 N–H and O–H groups in total. The number of nitrogens with one attached hydrogen (secondary N) is 1. The van der Waals surface area contributed by atoms with Gasteiger partial charge in [-0.3, -0.25) is 9.69 Å². The van der Waals surface area contributed by atoms with Crippen molar-refractivity contribution in [3.63, 3.8) is 0 Å². The van der Waals surface area contributed by atoms with Crippen LogP contribution in [0.2, 0.25) is 5.02 Å². The zero-order valence-corrected chi connectivity index (χ0v) is 16.2. The maximum Gasteiger partial charge on any atom is 0.234 e. The largest absolute Gasteiger partial charge is 0.396 e. The molecule has 2 aromatic carbocycles. The van der Waals surface area contributed by atoms with Crippen LogP contribution in [0.15, 0.2) is 54.6 Å². The van der Waals surface area contributed by atoms with Gasteiger partial charge >= 0.3 is 0 Å². The lowest BCUT2D eigenvalue weighted by atomic mass is 9.98. The number of hydrogen-bond donors (Lipinski definition) is 2. The second-order valence-electron chi connectivity index (χ2n) is 7.10. The fourth-order valence-electron chi connectivity index (χ4n) is 3.80. The van der Waals surface area contributed by atoms with Crippen LogP contribution in [0.5, 0.6) is 0 Å². The van der Waals surface area contributed by atoms with Crippen LogP contribution in [0, 0.1) is 0 Å². The molecule has 1 heterocycles. The van der Waals surface area contributed by atoms with Gasteiger partial charge in [0.05, 0.1) is 12.6 Å². The molecule has 27 heavy (non-hydrogen) atoms. The number of aliphatic hydroxyl groups excluding tert-OH is 1. The molecule has 0 spiro atoms.